The number of hydrogen-bond donors (Lipinski definition) is 1. The Morgan fingerprint density at radius 3 is 2.54 bits per heavy atom. The van der Waals surface area contributed by atoms with E-state index in [1.807, 2.05) is 0 Å². The second-order valence-corrected chi connectivity index (χ2v) is 6.54. The Labute approximate surface area is 150 Å². The van der Waals surface area contributed by atoms with Crippen LogP contribution in [0.25, 0.3) is 0 Å². The lowest BCUT2D eigenvalue weighted by Gasteiger charge is -2.16. The number of aromatic nitrogens is 2. The van der Waals surface area contributed by atoms with Crippen LogP contribution in [0.2, 0.25) is 5.02 Å². The van der Waals surface area contributed by atoms with Crippen LogP contribution in [-0.2, 0) is 11.0 Å². The normalized spacial score (nSPS) is 13.0. The molecule has 4 nitrogen and oxygen atoms in total. The molecular formula is C15H14BrClF3N3O. The summed E-state index contributed by atoms with van der Waals surface area (Å²) in [5.74, 6) is -0.493. The largest absolute Gasteiger partial charge is 0.436 e. The van der Waals surface area contributed by atoms with Crippen LogP contribution in [0.5, 0.6) is 0 Å². The van der Waals surface area contributed by atoms with Crippen LogP contribution in [-0.4, -0.2) is 15.7 Å². The molecule has 1 aromatic heterocycles. The predicted molar refractivity (Wildman–Crippen MR) is 89.2 cm³/mol. The van der Waals surface area contributed by atoms with E-state index >= 15 is 0 Å². The molecule has 1 unspecified atom stereocenters. The Kier molecular flexibility index (Phi) is 5.29. The Bertz CT molecular complexity index is 789. The second-order valence-electron chi connectivity index (χ2n) is 5.31. The van der Waals surface area contributed by atoms with Crippen LogP contribution in [0.1, 0.15) is 29.9 Å². The zero-order valence-electron chi connectivity index (χ0n) is 13.0. The lowest BCUT2D eigenvalue weighted by molar-refractivity contribution is -0.142. The van der Waals surface area contributed by atoms with Gasteiger partial charge in [0.05, 0.1) is 10.2 Å². The Balaban J connectivity index is 2.30. The molecule has 0 spiro atoms. The highest BCUT2D eigenvalue weighted by atomic mass is 79.9. The van der Waals surface area contributed by atoms with Crippen LogP contribution >= 0.6 is 27.5 Å². The average Bonchev–Trinajstić information content (AvgIpc) is 2.78. The third-order valence-electron chi connectivity index (χ3n) is 3.55. The topological polar surface area (TPSA) is 46.9 Å². The molecular weight excluding hydrogens is 411 g/mol. The molecule has 24 heavy (non-hydrogen) atoms. The molecule has 0 bridgehead atoms. The third-order valence-corrected chi connectivity index (χ3v) is 4.73. The van der Waals surface area contributed by atoms with Crippen molar-refractivity contribution in [1.29, 1.82) is 0 Å². The zero-order valence-corrected chi connectivity index (χ0v) is 15.3. The summed E-state index contributed by atoms with van der Waals surface area (Å²) in [4.78, 5) is 12.4. The highest BCUT2D eigenvalue weighted by molar-refractivity contribution is 9.10. The summed E-state index contributed by atoms with van der Waals surface area (Å²) in [6.07, 6.45) is -4.60. The highest BCUT2D eigenvalue weighted by Gasteiger charge is 2.39. The molecule has 9 heteroatoms. The summed E-state index contributed by atoms with van der Waals surface area (Å²) in [5.41, 5.74) is 0.444. The zero-order chi connectivity index (χ0) is 18.2. The minimum atomic E-state index is -4.60. The molecule has 0 radical (unpaired) electrons. The molecule has 0 aliphatic rings. The summed E-state index contributed by atoms with van der Waals surface area (Å²) in [7, 11) is 0. The van der Waals surface area contributed by atoms with Gasteiger partial charge < -0.3 is 5.32 Å². The van der Waals surface area contributed by atoms with Gasteiger partial charge >= 0.3 is 6.18 Å². The number of anilines is 1. The SMILES string of the molecule is Cc1ccc(Cl)cc1NC(=O)C(C)n1nc(C(F)(F)F)c(Br)c1C. The number of carbonyl (C=O) groups is 1. The molecule has 0 saturated carbocycles. The lowest BCUT2D eigenvalue weighted by Crippen LogP contribution is -2.26. The molecule has 2 aromatic rings. The summed E-state index contributed by atoms with van der Waals surface area (Å²) < 4.78 is 39.7. The van der Waals surface area contributed by atoms with Gasteiger partial charge in [-0.2, -0.15) is 18.3 Å². The number of benzene rings is 1. The summed E-state index contributed by atoms with van der Waals surface area (Å²) in [6, 6.07) is 4.06. The van der Waals surface area contributed by atoms with E-state index in [1.54, 1.807) is 25.1 Å². The fourth-order valence-electron chi connectivity index (χ4n) is 2.13. The molecule has 1 aromatic carbocycles. The molecule has 0 saturated heterocycles. The summed E-state index contributed by atoms with van der Waals surface area (Å²) in [6.45, 7) is 4.72. The number of nitrogens with zero attached hydrogens (tertiary/aromatic N) is 2. The van der Waals surface area contributed by atoms with Crippen LogP contribution in [0, 0.1) is 13.8 Å². The van der Waals surface area contributed by atoms with Crippen molar-refractivity contribution < 1.29 is 18.0 Å². The van der Waals surface area contributed by atoms with Crippen molar-refractivity contribution in [2.45, 2.75) is 33.0 Å². The fourth-order valence-corrected chi connectivity index (χ4v) is 2.79. The number of alkyl halides is 3. The van der Waals surface area contributed by atoms with Gasteiger partial charge in [0.15, 0.2) is 5.69 Å². The molecule has 1 N–H and O–H groups in total. The van der Waals surface area contributed by atoms with Crippen molar-refractivity contribution in [3.05, 3.63) is 44.6 Å². The number of halogens is 5. The second kappa shape index (κ2) is 6.76. The molecule has 0 aliphatic heterocycles. The van der Waals surface area contributed by atoms with Gasteiger partial charge in [0.1, 0.15) is 6.04 Å². The van der Waals surface area contributed by atoms with Crippen LogP contribution in [0.15, 0.2) is 22.7 Å². The molecule has 0 fully saturated rings. The maximum absolute atomic E-state index is 12.9. The van der Waals surface area contributed by atoms with Crippen molar-refractivity contribution >= 4 is 39.1 Å². The quantitative estimate of drug-likeness (QED) is 0.742. The molecule has 2 rings (SSSR count). The van der Waals surface area contributed by atoms with Gasteiger partial charge in [-0.05, 0) is 54.4 Å². The van der Waals surface area contributed by atoms with Crippen molar-refractivity contribution in [2.75, 3.05) is 5.32 Å². The van der Waals surface area contributed by atoms with Gasteiger partial charge in [-0.25, -0.2) is 0 Å². The van der Waals surface area contributed by atoms with Crippen molar-refractivity contribution in [1.82, 2.24) is 9.78 Å². The van der Waals surface area contributed by atoms with E-state index in [4.69, 9.17) is 11.6 Å². The van der Waals surface area contributed by atoms with E-state index < -0.39 is 23.8 Å². The van der Waals surface area contributed by atoms with E-state index in [0.717, 1.165) is 10.2 Å². The standard InChI is InChI=1S/C15H14BrClF3N3O/c1-7-4-5-10(17)6-11(7)21-14(24)9(3)23-8(2)12(16)13(22-23)15(18,19)20/h4-6,9H,1-3H3,(H,21,24). The predicted octanol–water partition coefficient (Wildman–Crippen LogP) is 5.13. The average molecular weight is 425 g/mol. The van der Waals surface area contributed by atoms with Gasteiger partial charge in [-0.15, -0.1) is 0 Å². The highest BCUT2D eigenvalue weighted by Crippen LogP contribution is 2.36. The fraction of sp³-hybridized carbons (Fsp3) is 0.333. The Morgan fingerprint density at radius 1 is 1.38 bits per heavy atom. The minimum absolute atomic E-state index is 0.173. The van der Waals surface area contributed by atoms with Gasteiger partial charge in [-0.3, -0.25) is 9.48 Å². The Hall–Kier alpha value is -1.54. The van der Waals surface area contributed by atoms with Crippen LogP contribution in [0.3, 0.4) is 0 Å². The van der Waals surface area contributed by atoms with Gasteiger partial charge in [-0.1, -0.05) is 17.7 Å². The number of carbonyl (C=O) groups excluding carboxylic acids is 1. The van der Waals surface area contributed by atoms with E-state index in [0.29, 0.717) is 10.7 Å². The number of nitrogens with one attached hydrogen (secondary N) is 1. The summed E-state index contributed by atoms with van der Waals surface area (Å²) in [5, 5.41) is 6.65. The van der Waals surface area contributed by atoms with Crippen LogP contribution < -0.4 is 5.32 Å². The first-order valence-corrected chi connectivity index (χ1v) is 8.08. The third kappa shape index (κ3) is 3.75. The van der Waals surface area contributed by atoms with Gasteiger partial charge in [0.2, 0.25) is 5.91 Å². The monoisotopic (exact) mass is 423 g/mol. The smallest absolute Gasteiger partial charge is 0.324 e. The van der Waals surface area contributed by atoms with Crippen molar-refractivity contribution in [3.63, 3.8) is 0 Å². The lowest BCUT2D eigenvalue weighted by atomic mass is 10.2. The van der Waals surface area contributed by atoms with E-state index in [9.17, 15) is 18.0 Å². The van der Waals surface area contributed by atoms with E-state index in [1.165, 1.54) is 13.8 Å². The number of rotatable bonds is 3. The first-order valence-electron chi connectivity index (χ1n) is 6.91. The Morgan fingerprint density at radius 2 is 2.00 bits per heavy atom. The van der Waals surface area contributed by atoms with Gasteiger partial charge in [0, 0.05) is 10.7 Å². The molecule has 1 atom stereocenters. The first kappa shape index (κ1) is 18.8. The molecule has 1 heterocycles. The van der Waals surface area contributed by atoms with E-state index in [-0.39, 0.29) is 10.2 Å². The maximum Gasteiger partial charge on any atom is 0.436 e. The number of amides is 1. The minimum Gasteiger partial charge on any atom is -0.324 e. The van der Waals surface area contributed by atoms with Crippen molar-refractivity contribution in [2.24, 2.45) is 0 Å². The number of aryl methyl sites for hydroxylation is 1. The maximum atomic E-state index is 12.9. The number of hydrogen-bond acceptors (Lipinski definition) is 2. The molecule has 0 aliphatic carbocycles. The van der Waals surface area contributed by atoms with Crippen LogP contribution in [0.4, 0.5) is 18.9 Å². The molecule has 130 valence electrons. The van der Waals surface area contributed by atoms with Crippen molar-refractivity contribution in [3.8, 4) is 0 Å². The molecule has 1 amide bonds. The summed E-state index contributed by atoms with van der Waals surface area (Å²) >= 11 is 8.79. The van der Waals surface area contributed by atoms with Gasteiger partial charge in [0.25, 0.3) is 0 Å². The van der Waals surface area contributed by atoms with E-state index in [2.05, 4.69) is 26.3 Å². The first-order chi connectivity index (χ1) is 11.0.